The van der Waals surface area contributed by atoms with Gasteiger partial charge in [0.1, 0.15) is 17.1 Å². The van der Waals surface area contributed by atoms with Crippen molar-refractivity contribution in [3.05, 3.63) is 69.5 Å². The lowest BCUT2D eigenvalue weighted by molar-refractivity contribution is -0.385. The second-order valence-electron chi connectivity index (χ2n) is 5.41. The predicted molar refractivity (Wildman–Crippen MR) is 75.5 cm³/mol. The van der Waals surface area contributed by atoms with Crippen molar-refractivity contribution in [3.63, 3.8) is 0 Å². The van der Waals surface area contributed by atoms with Gasteiger partial charge >= 0.3 is 0 Å². The Labute approximate surface area is 128 Å². The molecule has 120 valence electrons. The van der Waals surface area contributed by atoms with Crippen LogP contribution in [0, 0.1) is 27.6 Å². The van der Waals surface area contributed by atoms with Crippen molar-refractivity contribution in [2.24, 2.45) is 0 Å². The van der Waals surface area contributed by atoms with E-state index in [2.05, 4.69) is 0 Å². The summed E-state index contributed by atoms with van der Waals surface area (Å²) in [6.45, 7) is -0.214. The summed E-state index contributed by atoms with van der Waals surface area (Å²) < 4.78 is 40.8. The molecule has 0 aromatic heterocycles. The lowest BCUT2D eigenvalue weighted by atomic mass is 9.85. The number of hydrogen-bond donors (Lipinski definition) is 1. The fourth-order valence-corrected chi connectivity index (χ4v) is 2.65. The van der Waals surface area contributed by atoms with Gasteiger partial charge < -0.3 is 10.0 Å². The molecule has 2 aromatic carbocycles. The number of β-amino-alcohol motifs (C(OH)–C–C–N with tert-alkyl or cyclic N) is 1. The van der Waals surface area contributed by atoms with E-state index in [1.165, 1.54) is 29.2 Å². The number of anilines is 1. The Bertz CT molecular complexity index is 751. The van der Waals surface area contributed by atoms with E-state index in [-0.39, 0.29) is 13.1 Å². The van der Waals surface area contributed by atoms with Gasteiger partial charge in [0.05, 0.1) is 30.1 Å². The molecule has 1 aliphatic heterocycles. The number of benzene rings is 2. The largest absolute Gasteiger partial charge is 0.381 e. The minimum absolute atomic E-state index is 0.107. The highest BCUT2D eigenvalue weighted by Crippen LogP contribution is 2.38. The van der Waals surface area contributed by atoms with Crippen molar-refractivity contribution in [3.8, 4) is 0 Å². The Morgan fingerprint density at radius 2 is 1.61 bits per heavy atom. The average Bonchev–Trinajstić information content (AvgIpc) is 2.45. The lowest BCUT2D eigenvalue weighted by Crippen LogP contribution is -2.60. The summed E-state index contributed by atoms with van der Waals surface area (Å²) in [5, 5.41) is 21.0. The lowest BCUT2D eigenvalue weighted by Gasteiger charge is -2.48. The third kappa shape index (κ3) is 2.61. The highest BCUT2D eigenvalue weighted by atomic mass is 19.1. The maximum Gasteiger partial charge on any atom is 0.275 e. The molecule has 23 heavy (non-hydrogen) atoms. The smallest absolute Gasteiger partial charge is 0.275 e. The van der Waals surface area contributed by atoms with Crippen LogP contribution < -0.4 is 4.90 Å². The van der Waals surface area contributed by atoms with Crippen LogP contribution in [-0.4, -0.2) is 23.1 Å². The second kappa shape index (κ2) is 5.24. The first-order chi connectivity index (χ1) is 10.8. The first-order valence-corrected chi connectivity index (χ1v) is 6.67. The molecule has 0 spiro atoms. The molecular formula is C15H11F3N2O3. The predicted octanol–water partition coefficient (Wildman–Crippen LogP) is 2.72. The number of hydrogen-bond acceptors (Lipinski definition) is 4. The van der Waals surface area contributed by atoms with Crippen molar-refractivity contribution in [1.82, 2.24) is 0 Å². The molecule has 8 heteroatoms. The molecule has 3 rings (SSSR count). The number of aliphatic hydroxyl groups is 1. The summed E-state index contributed by atoms with van der Waals surface area (Å²) in [4.78, 5) is 10.9. The fraction of sp³-hybridized carbons (Fsp3) is 0.200. The van der Waals surface area contributed by atoms with Crippen molar-refractivity contribution >= 4 is 11.4 Å². The number of non-ortho nitro benzene ring substituents is 1. The molecule has 0 saturated carbocycles. The van der Waals surface area contributed by atoms with E-state index in [4.69, 9.17) is 0 Å². The Balaban J connectivity index is 1.84. The van der Waals surface area contributed by atoms with Gasteiger partial charge in [-0.15, -0.1) is 0 Å². The van der Waals surface area contributed by atoms with Crippen LogP contribution in [0.1, 0.15) is 5.56 Å². The van der Waals surface area contributed by atoms with Crippen LogP contribution in [-0.2, 0) is 5.60 Å². The van der Waals surface area contributed by atoms with Crippen LogP contribution in [0.5, 0.6) is 0 Å². The first kappa shape index (κ1) is 15.3. The maximum atomic E-state index is 13.9. The van der Waals surface area contributed by atoms with Gasteiger partial charge in [-0.2, -0.15) is 0 Å². The number of rotatable bonds is 3. The SMILES string of the molecule is O=[N+]([O-])c1cc(F)c(N2CC(O)(c3ccc(F)cc3)C2)c(F)c1. The maximum absolute atomic E-state index is 13.9. The van der Waals surface area contributed by atoms with E-state index < -0.39 is 39.4 Å². The molecule has 1 aliphatic rings. The number of halogens is 3. The zero-order valence-corrected chi connectivity index (χ0v) is 11.7. The summed E-state index contributed by atoms with van der Waals surface area (Å²) in [5.41, 5.74) is -2.03. The van der Waals surface area contributed by atoms with Crippen LogP contribution in [0.25, 0.3) is 0 Å². The number of nitro benzene ring substituents is 1. The molecular weight excluding hydrogens is 313 g/mol. The summed E-state index contributed by atoms with van der Waals surface area (Å²) >= 11 is 0. The van der Waals surface area contributed by atoms with Gasteiger partial charge in [-0.1, -0.05) is 12.1 Å². The number of nitrogens with zero attached hydrogens (tertiary/aromatic N) is 2. The third-order valence-electron chi connectivity index (χ3n) is 3.82. The third-order valence-corrected chi connectivity index (χ3v) is 3.82. The van der Waals surface area contributed by atoms with Crippen molar-refractivity contribution in [2.75, 3.05) is 18.0 Å². The Kier molecular flexibility index (Phi) is 3.48. The molecule has 0 radical (unpaired) electrons. The van der Waals surface area contributed by atoms with E-state index in [0.29, 0.717) is 17.7 Å². The van der Waals surface area contributed by atoms with Gasteiger partial charge in [-0.05, 0) is 17.7 Å². The molecule has 0 amide bonds. The molecule has 0 unspecified atom stereocenters. The highest BCUT2D eigenvalue weighted by Gasteiger charge is 2.44. The summed E-state index contributed by atoms with van der Waals surface area (Å²) in [7, 11) is 0. The molecule has 0 atom stereocenters. The van der Waals surface area contributed by atoms with E-state index in [1.807, 2.05) is 0 Å². The summed E-state index contributed by atoms with van der Waals surface area (Å²) in [6, 6.07) is 6.43. The van der Waals surface area contributed by atoms with Gasteiger partial charge in [0, 0.05) is 0 Å². The van der Waals surface area contributed by atoms with Crippen molar-refractivity contribution < 1.29 is 23.2 Å². The molecule has 1 N–H and O–H groups in total. The minimum Gasteiger partial charge on any atom is -0.381 e. The monoisotopic (exact) mass is 324 g/mol. The molecule has 0 aliphatic carbocycles. The molecule has 5 nitrogen and oxygen atoms in total. The zero-order valence-electron chi connectivity index (χ0n) is 11.7. The normalized spacial score (nSPS) is 16.1. The minimum atomic E-state index is -1.35. The zero-order chi connectivity index (χ0) is 16.8. The summed E-state index contributed by atoms with van der Waals surface area (Å²) in [6.07, 6.45) is 0. The van der Waals surface area contributed by atoms with Crippen LogP contribution in [0.3, 0.4) is 0 Å². The molecule has 0 bridgehead atoms. The van der Waals surface area contributed by atoms with Crippen LogP contribution in [0.2, 0.25) is 0 Å². The van der Waals surface area contributed by atoms with Crippen LogP contribution in [0.15, 0.2) is 36.4 Å². The highest BCUT2D eigenvalue weighted by molar-refractivity contribution is 5.57. The van der Waals surface area contributed by atoms with Crippen LogP contribution >= 0.6 is 0 Å². The molecule has 2 aromatic rings. The van der Waals surface area contributed by atoms with Crippen molar-refractivity contribution in [1.29, 1.82) is 0 Å². The Morgan fingerprint density at radius 1 is 1.09 bits per heavy atom. The Hall–Kier alpha value is -2.61. The second-order valence-corrected chi connectivity index (χ2v) is 5.41. The number of nitro groups is 1. The first-order valence-electron chi connectivity index (χ1n) is 6.67. The van der Waals surface area contributed by atoms with Gasteiger partial charge in [0.15, 0.2) is 11.6 Å². The van der Waals surface area contributed by atoms with E-state index in [0.717, 1.165) is 0 Å². The molecule has 1 saturated heterocycles. The fourth-order valence-electron chi connectivity index (χ4n) is 2.65. The summed E-state index contributed by atoms with van der Waals surface area (Å²) in [5.74, 6) is -2.60. The standard InChI is InChI=1S/C15H11F3N2O3/c16-10-3-1-9(2-4-10)15(21)7-19(8-15)14-12(17)5-11(20(22)23)6-13(14)18/h1-6,21H,7-8H2. The van der Waals surface area contributed by atoms with Gasteiger partial charge in [0.2, 0.25) is 0 Å². The quantitative estimate of drug-likeness (QED) is 0.696. The van der Waals surface area contributed by atoms with Gasteiger partial charge in [0.25, 0.3) is 5.69 Å². The molecule has 1 heterocycles. The molecule has 1 fully saturated rings. The van der Waals surface area contributed by atoms with Gasteiger partial charge in [-0.25, -0.2) is 13.2 Å². The van der Waals surface area contributed by atoms with E-state index >= 15 is 0 Å². The van der Waals surface area contributed by atoms with Crippen LogP contribution in [0.4, 0.5) is 24.5 Å². The topological polar surface area (TPSA) is 66.6 Å². The van der Waals surface area contributed by atoms with E-state index in [1.54, 1.807) is 0 Å². The van der Waals surface area contributed by atoms with E-state index in [9.17, 15) is 28.4 Å². The Morgan fingerprint density at radius 3 is 2.09 bits per heavy atom. The van der Waals surface area contributed by atoms with Gasteiger partial charge in [-0.3, -0.25) is 10.1 Å². The average molecular weight is 324 g/mol. The van der Waals surface area contributed by atoms with Crippen molar-refractivity contribution in [2.45, 2.75) is 5.60 Å².